The van der Waals surface area contributed by atoms with Crippen LogP contribution in [0.1, 0.15) is 37.0 Å². The van der Waals surface area contributed by atoms with Crippen LogP contribution in [0, 0.1) is 0 Å². The van der Waals surface area contributed by atoms with Gasteiger partial charge in [-0.1, -0.05) is 25.4 Å². The number of nitrogens with zero attached hydrogens (tertiary/aromatic N) is 2. The van der Waals surface area contributed by atoms with E-state index < -0.39 is 0 Å². The Morgan fingerprint density at radius 3 is 2.70 bits per heavy atom. The zero-order valence-electron chi connectivity index (χ0n) is 11.9. The van der Waals surface area contributed by atoms with Crippen molar-refractivity contribution in [2.24, 2.45) is 0 Å². The molecule has 0 radical (unpaired) electrons. The van der Waals surface area contributed by atoms with Crippen LogP contribution in [-0.2, 0) is 4.79 Å². The van der Waals surface area contributed by atoms with Crippen molar-refractivity contribution in [3.63, 3.8) is 0 Å². The molecular formula is C14H20ClN3O2. The molecule has 110 valence electrons. The molecule has 0 spiro atoms. The number of carbonyl (C=O) groups is 2. The third kappa shape index (κ3) is 5.17. The van der Waals surface area contributed by atoms with Gasteiger partial charge in [0.05, 0.1) is 6.54 Å². The van der Waals surface area contributed by atoms with Crippen LogP contribution in [0.15, 0.2) is 18.3 Å². The number of rotatable bonds is 7. The predicted octanol–water partition coefficient (Wildman–Crippen LogP) is 2.11. The molecular weight excluding hydrogens is 278 g/mol. The van der Waals surface area contributed by atoms with Crippen molar-refractivity contribution in [2.45, 2.75) is 26.7 Å². The molecule has 0 fully saturated rings. The van der Waals surface area contributed by atoms with E-state index in [0.29, 0.717) is 18.7 Å². The number of pyridine rings is 1. The predicted molar refractivity (Wildman–Crippen MR) is 78.7 cm³/mol. The van der Waals surface area contributed by atoms with Crippen molar-refractivity contribution in [2.75, 3.05) is 19.6 Å². The minimum absolute atomic E-state index is 0.0621. The fourth-order valence-electron chi connectivity index (χ4n) is 1.73. The van der Waals surface area contributed by atoms with E-state index in [1.807, 2.05) is 13.8 Å². The van der Waals surface area contributed by atoms with E-state index in [-0.39, 0.29) is 23.5 Å². The lowest BCUT2D eigenvalue weighted by Gasteiger charge is -2.21. The number of hydrogen-bond donors (Lipinski definition) is 1. The molecule has 0 aliphatic rings. The van der Waals surface area contributed by atoms with Crippen LogP contribution in [0.3, 0.4) is 0 Å². The molecule has 1 rings (SSSR count). The van der Waals surface area contributed by atoms with Crippen LogP contribution in [0.5, 0.6) is 0 Å². The highest BCUT2D eigenvalue weighted by Crippen LogP contribution is 2.10. The van der Waals surface area contributed by atoms with Crippen LogP contribution < -0.4 is 5.32 Å². The molecule has 0 saturated carbocycles. The van der Waals surface area contributed by atoms with E-state index in [0.717, 1.165) is 12.8 Å². The van der Waals surface area contributed by atoms with Crippen molar-refractivity contribution in [3.05, 3.63) is 29.0 Å². The normalized spacial score (nSPS) is 10.2. The highest BCUT2D eigenvalue weighted by molar-refractivity contribution is 6.29. The summed E-state index contributed by atoms with van der Waals surface area (Å²) in [6, 6.07) is 3.11. The number of nitrogens with one attached hydrogen (secondary N) is 1. The van der Waals surface area contributed by atoms with Gasteiger partial charge in [0.15, 0.2) is 0 Å². The Labute approximate surface area is 124 Å². The molecule has 0 saturated heterocycles. The maximum Gasteiger partial charge on any atom is 0.254 e. The Morgan fingerprint density at radius 2 is 2.10 bits per heavy atom. The van der Waals surface area contributed by atoms with Gasteiger partial charge in [-0.3, -0.25) is 9.59 Å². The van der Waals surface area contributed by atoms with Gasteiger partial charge >= 0.3 is 0 Å². The molecule has 0 aliphatic heterocycles. The topological polar surface area (TPSA) is 62.3 Å². The Bertz CT molecular complexity index is 465. The quantitative estimate of drug-likeness (QED) is 0.784. The van der Waals surface area contributed by atoms with Gasteiger partial charge in [-0.2, -0.15) is 0 Å². The molecule has 6 heteroatoms. The fraction of sp³-hybridized carbons (Fsp3) is 0.500. The van der Waals surface area contributed by atoms with Gasteiger partial charge in [-0.25, -0.2) is 4.98 Å². The van der Waals surface area contributed by atoms with Crippen molar-refractivity contribution in [1.82, 2.24) is 15.2 Å². The smallest absolute Gasteiger partial charge is 0.254 e. The van der Waals surface area contributed by atoms with Crippen LogP contribution >= 0.6 is 11.6 Å². The van der Waals surface area contributed by atoms with Crippen LogP contribution in [0.25, 0.3) is 0 Å². The SMILES string of the molecule is CCCNC(=O)CN(CCC)C(=O)c1ccnc(Cl)c1. The van der Waals surface area contributed by atoms with Crippen molar-refractivity contribution in [1.29, 1.82) is 0 Å². The Balaban J connectivity index is 2.74. The zero-order valence-corrected chi connectivity index (χ0v) is 12.6. The number of carbonyl (C=O) groups excluding carboxylic acids is 2. The highest BCUT2D eigenvalue weighted by Gasteiger charge is 2.18. The fourth-order valence-corrected chi connectivity index (χ4v) is 1.91. The molecule has 20 heavy (non-hydrogen) atoms. The average Bonchev–Trinajstić information content (AvgIpc) is 2.44. The van der Waals surface area contributed by atoms with Crippen molar-refractivity contribution in [3.8, 4) is 0 Å². The maximum absolute atomic E-state index is 12.4. The van der Waals surface area contributed by atoms with Gasteiger partial charge in [0.1, 0.15) is 5.15 Å². The molecule has 1 aromatic rings. The maximum atomic E-state index is 12.4. The van der Waals surface area contributed by atoms with Crippen LogP contribution in [-0.4, -0.2) is 41.3 Å². The van der Waals surface area contributed by atoms with E-state index in [1.165, 1.54) is 17.2 Å². The summed E-state index contributed by atoms with van der Waals surface area (Å²) in [5.41, 5.74) is 0.446. The van der Waals surface area contributed by atoms with Gasteiger partial charge < -0.3 is 10.2 Å². The first-order chi connectivity index (χ1) is 9.58. The molecule has 1 heterocycles. The molecule has 0 bridgehead atoms. The minimum Gasteiger partial charge on any atom is -0.355 e. The standard InChI is InChI=1S/C14H20ClN3O2/c1-3-6-17-13(19)10-18(8-4-2)14(20)11-5-7-16-12(15)9-11/h5,7,9H,3-4,6,8,10H2,1-2H3,(H,17,19). The highest BCUT2D eigenvalue weighted by atomic mass is 35.5. The first-order valence-corrected chi connectivity index (χ1v) is 7.13. The van der Waals surface area contributed by atoms with Gasteiger partial charge in [0.2, 0.25) is 5.91 Å². The lowest BCUT2D eigenvalue weighted by molar-refractivity contribution is -0.121. The zero-order chi connectivity index (χ0) is 15.0. The third-order valence-corrected chi connectivity index (χ3v) is 2.87. The third-order valence-electron chi connectivity index (χ3n) is 2.66. The molecule has 0 atom stereocenters. The summed E-state index contributed by atoms with van der Waals surface area (Å²) in [6.07, 6.45) is 3.13. The van der Waals surface area contributed by atoms with Crippen LogP contribution in [0.4, 0.5) is 0 Å². The van der Waals surface area contributed by atoms with E-state index in [1.54, 1.807) is 6.07 Å². The van der Waals surface area contributed by atoms with Gasteiger partial charge in [-0.05, 0) is 25.0 Å². The minimum atomic E-state index is -0.206. The molecule has 0 aromatic carbocycles. The summed E-state index contributed by atoms with van der Waals surface area (Å²) in [4.78, 5) is 29.5. The first kappa shape index (κ1) is 16.4. The number of halogens is 1. The second-order valence-electron chi connectivity index (χ2n) is 4.44. The number of amides is 2. The Morgan fingerprint density at radius 1 is 1.35 bits per heavy atom. The summed E-state index contributed by atoms with van der Waals surface area (Å²) in [7, 11) is 0. The van der Waals surface area contributed by atoms with E-state index >= 15 is 0 Å². The first-order valence-electron chi connectivity index (χ1n) is 6.76. The van der Waals surface area contributed by atoms with E-state index in [2.05, 4.69) is 10.3 Å². The van der Waals surface area contributed by atoms with Gasteiger partial charge in [0, 0.05) is 24.8 Å². The van der Waals surface area contributed by atoms with Crippen molar-refractivity contribution < 1.29 is 9.59 Å². The molecule has 1 aromatic heterocycles. The molecule has 1 N–H and O–H groups in total. The monoisotopic (exact) mass is 297 g/mol. The molecule has 0 aliphatic carbocycles. The largest absolute Gasteiger partial charge is 0.355 e. The van der Waals surface area contributed by atoms with Crippen molar-refractivity contribution >= 4 is 23.4 Å². The second-order valence-corrected chi connectivity index (χ2v) is 4.83. The molecule has 2 amide bonds. The molecule has 0 unspecified atom stereocenters. The van der Waals surface area contributed by atoms with Gasteiger partial charge in [0.25, 0.3) is 5.91 Å². The number of aromatic nitrogens is 1. The van der Waals surface area contributed by atoms with Gasteiger partial charge in [-0.15, -0.1) is 0 Å². The van der Waals surface area contributed by atoms with E-state index in [4.69, 9.17) is 11.6 Å². The van der Waals surface area contributed by atoms with Crippen LogP contribution in [0.2, 0.25) is 5.15 Å². The molecule has 5 nitrogen and oxygen atoms in total. The summed E-state index contributed by atoms with van der Waals surface area (Å²) in [6.45, 7) is 5.15. The van der Waals surface area contributed by atoms with E-state index in [9.17, 15) is 9.59 Å². The number of hydrogen-bond acceptors (Lipinski definition) is 3. The Kier molecular flexibility index (Phi) is 7.01. The summed E-state index contributed by atoms with van der Waals surface area (Å²) in [5, 5.41) is 3.03. The lowest BCUT2D eigenvalue weighted by Crippen LogP contribution is -2.41. The Hall–Kier alpha value is -1.62. The lowest BCUT2D eigenvalue weighted by atomic mass is 10.2. The second kappa shape index (κ2) is 8.53. The summed E-state index contributed by atoms with van der Waals surface area (Å²) < 4.78 is 0. The summed E-state index contributed by atoms with van der Waals surface area (Å²) >= 11 is 5.78. The summed E-state index contributed by atoms with van der Waals surface area (Å²) in [5.74, 6) is -0.350. The average molecular weight is 298 g/mol.